The van der Waals surface area contributed by atoms with Crippen LogP contribution in [0, 0.1) is 11.3 Å². The first kappa shape index (κ1) is 13.7. The summed E-state index contributed by atoms with van der Waals surface area (Å²) in [6, 6.07) is 1.72. The number of rotatable bonds is 3. The molecule has 0 aromatic carbocycles. The highest BCUT2D eigenvalue weighted by atomic mass is 32.2. The number of ether oxygens (including phenoxy) is 1. The smallest absolute Gasteiger partial charge is 0.422 e. The maximum atomic E-state index is 11.6. The Morgan fingerprint density at radius 1 is 1.41 bits per heavy atom. The molecule has 0 saturated heterocycles. The summed E-state index contributed by atoms with van der Waals surface area (Å²) in [5, 5.41) is 8.73. The molecule has 7 nitrogen and oxygen atoms in total. The van der Waals surface area contributed by atoms with Gasteiger partial charge in [0.1, 0.15) is 5.60 Å². The third kappa shape index (κ3) is 3.31. The third-order valence-electron chi connectivity index (χ3n) is 2.11. The van der Waals surface area contributed by atoms with Crippen LogP contribution in [0.3, 0.4) is 0 Å². The van der Waals surface area contributed by atoms with Crippen molar-refractivity contribution in [3.8, 4) is 6.07 Å². The Hall–Kier alpha value is -1.33. The largest absolute Gasteiger partial charge is 0.443 e. The van der Waals surface area contributed by atoms with Crippen molar-refractivity contribution in [2.45, 2.75) is 44.0 Å². The Morgan fingerprint density at radius 2 is 1.94 bits per heavy atom. The summed E-state index contributed by atoms with van der Waals surface area (Å²) in [5.41, 5.74) is 1.19. The first-order valence-electron chi connectivity index (χ1n) is 5.03. The van der Waals surface area contributed by atoms with Crippen LogP contribution < -0.4 is 10.3 Å². The topological polar surface area (TPSA) is 108 Å². The fraction of sp³-hybridized carbons (Fsp3) is 0.778. The lowest BCUT2D eigenvalue weighted by Gasteiger charge is -2.20. The molecular weight excluding hydrogens is 246 g/mol. The fourth-order valence-electron chi connectivity index (χ4n) is 1.06. The molecule has 1 amide bonds. The van der Waals surface area contributed by atoms with Gasteiger partial charge in [-0.1, -0.05) is 0 Å². The highest BCUT2D eigenvalue weighted by Crippen LogP contribution is 2.41. The van der Waals surface area contributed by atoms with Gasteiger partial charge >= 0.3 is 6.09 Å². The summed E-state index contributed by atoms with van der Waals surface area (Å²) in [6.45, 7) is 4.95. The number of amides is 1. The van der Waals surface area contributed by atoms with Crippen molar-refractivity contribution in [3.05, 3.63) is 0 Å². The van der Waals surface area contributed by atoms with Gasteiger partial charge in [0.15, 0.2) is 4.75 Å². The maximum absolute atomic E-state index is 11.6. The van der Waals surface area contributed by atoms with Crippen LogP contribution in [0.1, 0.15) is 33.6 Å². The summed E-state index contributed by atoms with van der Waals surface area (Å²) in [4.78, 5) is 13.1. The molecule has 0 aromatic heterocycles. The summed E-state index contributed by atoms with van der Waals surface area (Å²) >= 11 is 0. The van der Waals surface area contributed by atoms with Crippen LogP contribution in [0.4, 0.5) is 4.79 Å². The van der Waals surface area contributed by atoms with Gasteiger partial charge in [0.25, 0.3) is 0 Å². The molecule has 17 heavy (non-hydrogen) atoms. The number of nitrogens with one attached hydrogen (secondary N) is 2. The predicted octanol–water partition coefficient (Wildman–Crippen LogP) is 0.402. The van der Waals surface area contributed by atoms with E-state index in [0.717, 1.165) is 0 Å². The van der Waals surface area contributed by atoms with E-state index in [4.69, 9.17) is 10.00 Å². The number of sulfonamides is 1. The van der Waals surface area contributed by atoms with E-state index in [9.17, 15) is 13.2 Å². The van der Waals surface area contributed by atoms with Crippen molar-refractivity contribution in [1.29, 1.82) is 5.26 Å². The summed E-state index contributed by atoms with van der Waals surface area (Å²) < 4.78 is 26.7. The van der Waals surface area contributed by atoms with Gasteiger partial charge in [0.05, 0.1) is 6.07 Å². The second-order valence-corrected chi connectivity index (χ2v) is 6.83. The van der Waals surface area contributed by atoms with Crippen molar-refractivity contribution in [1.82, 2.24) is 10.3 Å². The molecule has 96 valence electrons. The Balaban J connectivity index is 2.53. The van der Waals surface area contributed by atoms with Crippen LogP contribution in [-0.4, -0.2) is 24.9 Å². The Morgan fingerprint density at radius 3 is 2.29 bits per heavy atom. The summed E-state index contributed by atoms with van der Waals surface area (Å²) in [6.07, 6.45) is -0.362. The average Bonchev–Trinajstić information content (AvgIpc) is 2.93. The van der Waals surface area contributed by atoms with Gasteiger partial charge in [0, 0.05) is 0 Å². The zero-order valence-corrected chi connectivity index (χ0v) is 10.7. The quantitative estimate of drug-likeness (QED) is 0.715. The molecule has 0 unspecified atom stereocenters. The van der Waals surface area contributed by atoms with Crippen LogP contribution in [-0.2, 0) is 14.8 Å². The molecule has 0 heterocycles. The Bertz CT molecular complexity index is 454. The number of hydrazine groups is 1. The van der Waals surface area contributed by atoms with E-state index in [1.54, 1.807) is 26.8 Å². The summed E-state index contributed by atoms with van der Waals surface area (Å²) in [5.74, 6) is 0. The molecule has 0 bridgehead atoms. The Kier molecular flexibility index (Phi) is 3.36. The number of carbonyl (C=O) groups excluding carboxylic acids is 1. The number of hydrogen-bond acceptors (Lipinski definition) is 5. The SMILES string of the molecule is CC(C)(C)OC(=O)NNS(=O)(=O)C1(C#N)CC1. The van der Waals surface area contributed by atoms with Crippen LogP contribution >= 0.6 is 0 Å². The predicted molar refractivity (Wildman–Crippen MR) is 59.0 cm³/mol. The molecule has 0 radical (unpaired) electrons. The molecule has 1 fully saturated rings. The van der Waals surface area contributed by atoms with E-state index in [2.05, 4.69) is 0 Å². The van der Waals surface area contributed by atoms with Crippen molar-refractivity contribution >= 4 is 16.1 Å². The van der Waals surface area contributed by atoms with Gasteiger partial charge in [0.2, 0.25) is 10.0 Å². The second-order valence-electron chi connectivity index (χ2n) is 4.84. The molecule has 0 atom stereocenters. The lowest BCUT2D eigenvalue weighted by molar-refractivity contribution is 0.0515. The second kappa shape index (κ2) is 4.16. The number of nitrogens with zero attached hydrogens (tertiary/aromatic N) is 1. The monoisotopic (exact) mass is 261 g/mol. The minimum Gasteiger partial charge on any atom is -0.443 e. The first-order chi connectivity index (χ1) is 7.62. The van der Waals surface area contributed by atoms with E-state index in [0.29, 0.717) is 0 Å². The van der Waals surface area contributed by atoms with Crippen molar-refractivity contribution in [2.24, 2.45) is 0 Å². The fourth-order valence-corrected chi connectivity index (χ4v) is 2.24. The molecule has 2 N–H and O–H groups in total. The number of hydrogen-bond donors (Lipinski definition) is 2. The molecule has 1 saturated carbocycles. The minimum atomic E-state index is -3.87. The van der Waals surface area contributed by atoms with E-state index in [1.165, 1.54) is 0 Å². The minimum absolute atomic E-state index is 0.273. The van der Waals surface area contributed by atoms with Crippen LogP contribution in [0.2, 0.25) is 0 Å². The molecular formula is C9H15N3O4S. The molecule has 1 rings (SSSR count). The Labute approximate surface area is 100 Å². The van der Waals surface area contributed by atoms with Gasteiger partial charge in [-0.2, -0.15) is 5.26 Å². The first-order valence-corrected chi connectivity index (χ1v) is 6.52. The lowest BCUT2D eigenvalue weighted by atomic mass is 10.2. The van der Waals surface area contributed by atoms with Gasteiger partial charge in [-0.25, -0.2) is 18.6 Å². The molecule has 1 aliphatic carbocycles. The van der Waals surface area contributed by atoms with Gasteiger partial charge in [-0.05, 0) is 33.6 Å². The van der Waals surface area contributed by atoms with Gasteiger partial charge in [-0.15, -0.1) is 4.83 Å². The van der Waals surface area contributed by atoms with Crippen molar-refractivity contribution in [2.75, 3.05) is 0 Å². The van der Waals surface area contributed by atoms with Crippen LogP contribution in [0.25, 0.3) is 0 Å². The van der Waals surface area contributed by atoms with Crippen LogP contribution in [0.5, 0.6) is 0 Å². The lowest BCUT2D eigenvalue weighted by Crippen LogP contribution is -2.48. The average molecular weight is 261 g/mol. The normalized spacial score (nSPS) is 18.0. The number of nitriles is 1. The van der Waals surface area contributed by atoms with Crippen molar-refractivity contribution in [3.63, 3.8) is 0 Å². The highest BCUT2D eigenvalue weighted by Gasteiger charge is 2.55. The zero-order chi connectivity index (χ0) is 13.3. The van der Waals surface area contributed by atoms with E-state index in [-0.39, 0.29) is 12.8 Å². The summed E-state index contributed by atoms with van der Waals surface area (Å²) in [7, 11) is -3.87. The standard InChI is InChI=1S/C9H15N3O4S/c1-8(2,3)16-7(13)11-12-17(14,15)9(6-10)4-5-9/h12H,4-5H2,1-3H3,(H,11,13). The maximum Gasteiger partial charge on any atom is 0.422 e. The molecule has 1 aliphatic rings. The molecule has 0 aliphatic heterocycles. The van der Waals surface area contributed by atoms with E-state index < -0.39 is 26.5 Å². The highest BCUT2D eigenvalue weighted by molar-refractivity contribution is 7.91. The van der Waals surface area contributed by atoms with Crippen LogP contribution in [0.15, 0.2) is 0 Å². The van der Waals surface area contributed by atoms with E-state index in [1.807, 2.05) is 10.3 Å². The van der Waals surface area contributed by atoms with E-state index >= 15 is 0 Å². The van der Waals surface area contributed by atoms with Crippen molar-refractivity contribution < 1.29 is 17.9 Å². The number of carbonyl (C=O) groups is 1. The third-order valence-corrected chi connectivity index (χ3v) is 4.01. The molecule has 8 heteroatoms. The van der Waals surface area contributed by atoms with Gasteiger partial charge in [-0.3, -0.25) is 0 Å². The zero-order valence-electron chi connectivity index (χ0n) is 9.90. The van der Waals surface area contributed by atoms with Gasteiger partial charge < -0.3 is 4.74 Å². The molecule has 0 spiro atoms. The molecule has 0 aromatic rings.